The van der Waals surface area contributed by atoms with Crippen LogP contribution in [-0.4, -0.2) is 69.1 Å². The van der Waals surface area contributed by atoms with Crippen molar-refractivity contribution in [2.75, 3.05) is 53.8 Å². The van der Waals surface area contributed by atoms with E-state index in [4.69, 9.17) is 9.47 Å². The molecule has 4 aromatic carbocycles. The average Bonchev–Trinajstić information content (AvgIpc) is 3.11. The maximum absolute atomic E-state index is 13.8. The summed E-state index contributed by atoms with van der Waals surface area (Å²) >= 11 is 0. The topological polar surface area (TPSA) is 138 Å². The number of amides is 5. The number of carbonyl (C=O) groups is 5. The summed E-state index contributed by atoms with van der Waals surface area (Å²) in [4.78, 5) is 69.9. The number of anilines is 4. The fourth-order valence-corrected chi connectivity index (χ4v) is 5.19. The van der Waals surface area contributed by atoms with Crippen molar-refractivity contribution in [3.63, 3.8) is 0 Å². The Kier molecular flexibility index (Phi) is 13.1. The molecule has 12 nitrogen and oxygen atoms in total. The number of hydrogen-bond donors (Lipinski definition) is 2. The Morgan fingerprint density at radius 3 is 2.06 bits per heavy atom. The van der Waals surface area contributed by atoms with Crippen LogP contribution < -0.4 is 30.1 Å². The number of benzene rings is 4. The van der Waals surface area contributed by atoms with Crippen molar-refractivity contribution in [3.8, 4) is 5.75 Å². The second-order valence-corrected chi connectivity index (χ2v) is 13.0. The molecule has 4 rings (SSSR count). The summed E-state index contributed by atoms with van der Waals surface area (Å²) in [6, 6.07) is 29.1. The van der Waals surface area contributed by atoms with Crippen molar-refractivity contribution in [1.82, 2.24) is 5.32 Å². The van der Waals surface area contributed by atoms with Crippen molar-refractivity contribution in [2.24, 2.45) is 0 Å². The van der Waals surface area contributed by atoms with Crippen molar-refractivity contribution in [2.45, 2.75) is 39.7 Å². The van der Waals surface area contributed by atoms with Gasteiger partial charge in [0.2, 0.25) is 11.8 Å². The number of nitrogens with one attached hydrogen (secondary N) is 2. The van der Waals surface area contributed by atoms with Gasteiger partial charge in [-0.05, 0) is 81.3 Å². The van der Waals surface area contributed by atoms with Crippen LogP contribution in [-0.2, 0) is 30.3 Å². The molecular formula is C40H45N5O7. The maximum Gasteiger partial charge on any atom is 0.319 e. The van der Waals surface area contributed by atoms with E-state index < -0.39 is 42.5 Å². The van der Waals surface area contributed by atoms with Crippen LogP contribution in [0.3, 0.4) is 0 Å². The molecule has 12 heteroatoms. The van der Waals surface area contributed by atoms with E-state index in [2.05, 4.69) is 10.6 Å². The number of urea groups is 1. The van der Waals surface area contributed by atoms with E-state index >= 15 is 0 Å². The number of nitrogens with zero attached hydrogens (tertiary/aromatic N) is 3. The number of carbonyl (C=O) groups excluding carboxylic acids is 5. The molecule has 0 aliphatic rings. The number of rotatable bonds is 13. The van der Waals surface area contributed by atoms with E-state index in [-0.39, 0.29) is 30.4 Å². The molecule has 0 radical (unpaired) electrons. The standard InChI is InChI=1S/C40H45N5O7/c1-28-15-10-11-20-32(28)44(6)37(48)27-51-34-22-13-12-21-33(34)45(26-36(47)43(5)31-18-8-7-9-19-31)35(46)25-41-39(50)42-30-17-14-16-29(23-30)24-38(49)52-40(2,3)4/h7-23H,24-27H2,1-6H3,(H2,41,42,50). The molecule has 5 amide bonds. The second kappa shape index (κ2) is 17.7. The SMILES string of the molecule is Cc1ccccc1N(C)C(=O)COc1ccccc1N(CC(=O)N(C)c1ccccc1)C(=O)CNC(=O)Nc1cccc(CC(=O)OC(C)(C)C)c1. The normalized spacial score (nSPS) is 10.8. The molecule has 0 saturated heterocycles. The summed E-state index contributed by atoms with van der Waals surface area (Å²) in [5.41, 5.74) is 2.93. The Balaban J connectivity index is 1.49. The molecule has 0 heterocycles. The molecule has 0 aliphatic carbocycles. The van der Waals surface area contributed by atoms with Crippen LogP contribution in [0.2, 0.25) is 0 Å². The minimum absolute atomic E-state index is 0.0164. The van der Waals surface area contributed by atoms with Crippen molar-refractivity contribution < 1.29 is 33.4 Å². The summed E-state index contributed by atoms with van der Waals surface area (Å²) in [5, 5.41) is 5.23. The van der Waals surface area contributed by atoms with Crippen LogP contribution >= 0.6 is 0 Å². The number of aryl methyl sites for hydroxylation is 1. The first-order valence-electron chi connectivity index (χ1n) is 16.7. The number of esters is 1. The Labute approximate surface area is 304 Å². The first-order valence-corrected chi connectivity index (χ1v) is 16.7. The lowest BCUT2D eigenvalue weighted by Gasteiger charge is -2.27. The minimum atomic E-state index is -0.676. The third-order valence-corrected chi connectivity index (χ3v) is 7.82. The highest BCUT2D eigenvalue weighted by Crippen LogP contribution is 2.29. The predicted octanol–water partition coefficient (Wildman–Crippen LogP) is 5.74. The van der Waals surface area contributed by atoms with Crippen molar-refractivity contribution >= 4 is 52.5 Å². The van der Waals surface area contributed by atoms with Crippen LogP contribution in [0.5, 0.6) is 5.75 Å². The smallest absolute Gasteiger partial charge is 0.319 e. The first-order chi connectivity index (χ1) is 24.7. The molecule has 272 valence electrons. The summed E-state index contributed by atoms with van der Waals surface area (Å²) in [6.45, 7) is 6.05. The van der Waals surface area contributed by atoms with E-state index in [1.165, 1.54) is 14.7 Å². The van der Waals surface area contributed by atoms with Gasteiger partial charge in [-0.15, -0.1) is 0 Å². The van der Waals surface area contributed by atoms with E-state index in [0.29, 0.717) is 16.9 Å². The van der Waals surface area contributed by atoms with Gasteiger partial charge in [0.15, 0.2) is 6.61 Å². The monoisotopic (exact) mass is 707 g/mol. The zero-order valence-electron chi connectivity index (χ0n) is 30.3. The third kappa shape index (κ3) is 11.2. The van der Waals surface area contributed by atoms with Gasteiger partial charge in [0.05, 0.1) is 18.7 Å². The van der Waals surface area contributed by atoms with Gasteiger partial charge >= 0.3 is 12.0 Å². The number of ether oxygens (including phenoxy) is 2. The molecule has 0 unspecified atom stereocenters. The quantitative estimate of drug-likeness (QED) is 0.169. The van der Waals surface area contributed by atoms with Gasteiger partial charge in [-0.2, -0.15) is 0 Å². The minimum Gasteiger partial charge on any atom is -0.482 e. The molecule has 4 aromatic rings. The molecule has 0 atom stereocenters. The predicted molar refractivity (Wildman–Crippen MR) is 202 cm³/mol. The van der Waals surface area contributed by atoms with Gasteiger partial charge in [0.25, 0.3) is 5.91 Å². The Hall–Kier alpha value is -6.17. The summed E-state index contributed by atoms with van der Waals surface area (Å²) in [6.07, 6.45) is 0.0164. The molecule has 0 aliphatic heterocycles. The molecule has 0 fully saturated rings. The number of hydrogen-bond acceptors (Lipinski definition) is 7. The number of likely N-dealkylation sites (N-methyl/N-ethyl adjacent to an activating group) is 2. The van der Waals surface area contributed by atoms with E-state index in [9.17, 15) is 24.0 Å². The highest BCUT2D eigenvalue weighted by molar-refractivity contribution is 6.06. The molecule has 0 aromatic heterocycles. The second-order valence-electron chi connectivity index (χ2n) is 13.0. The van der Waals surface area contributed by atoms with Gasteiger partial charge in [-0.3, -0.25) is 24.1 Å². The fraction of sp³-hybridized carbons (Fsp3) is 0.275. The lowest BCUT2D eigenvalue weighted by molar-refractivity contribution is -0.154. The van der Waals surface area contributed by atoms with Gasteiger partial charge < -0.3 is 29.9 Å². The van der Waals surface area contributed by atoms with Crippen LogP contribution in [0.15, 0.2) is 103 Å². The molecule has 0 spiro atoms. The van der Waals surface area contributed by atoms with Crippen LogP contribution in [0.1, 0.15) is 31.9 Å². The van der Waals surface area contributed by atoms with Gasteiger partial charge in [-0.25, -0.2) is 4.79 Å². The molecule has 0 bridgehead atoms. The molecule has 2 N–H and O–H groups in total. The largest absolute Gasteiger partial charge is 0.482 e. The summed E-state index contributed by atoms with van der Waals surface area (Å²) in [5.74, 6) is -1.54. The zero-order chi connectivity index (χ0) is 37.8. The molecule has 0 saturated carbocycles. The van der Waals surface area contributed by atoms with Crippen LogP contribution in [0.4, 0.5) is 27.5 Å². The fourth-order valence-electron chi connectivity index (χ4n) is 5.19. The van der Waals surface area contributed by atoms with Crippen molar-refractivity contribution in [3.05, 3.63) is 114 Å². The van der Waals surface area contributed by atoms with E-state index in [1.807, 2.05) is 37.3 Å². The highest BCUT2D eigenvalue weighted by atomic mass is 16.6. The van der Waals surface area contributed by atoms with Crippen LogP contribution in [0, 0.1) is 6.92 Å². The Bertz CT molecular complexity index is 1890. The average molecular weight is 708 g/mol. The van der Waals surface area contributed by atoms with Gasteiger partial charge in [-0.1, -0.05) is 60.7 Å². The van der Waals surface area contributed by atoms with Crippen LogP contribution in [0.25, 0.3) is 0 Å². The molecular weight excluding hydrogens is 662 g/mol. The van der Waals surface area contributed by atoms with E-state index in [1.54, 1.807) is 108 Å². The van der Waals surface area contributed by atoms with Crippen molar-refractivity contribution in [1.29, 1.82) is 0 Å². The maximum atomic E-state index is 13.8. The third-order valence-electron chi connectivity index (χ3n) is 7.82. The number of para-hydroxylation sites is 4. The lowest BCUT2D eigenvalue weighted by atomic mass is 10.1. The van der Waals surface area contributed by atoms with Gasteiger partial charge in [0.1, 0.15) is 17.9 Å². The molecule has 52 heavy (non-hydrogen) atoms. The van der Waals surface area contributed by atoms with E-state index in [0.717, 1.165) is 11.3 Å². The Morgan fingerprint density at radius 1 is 0.712 bits per heavy atom. The first kappa shape index (κ1) is 38.6. The Morgan fingerprint density at radius 2 is 1.37 bits per heavy atom. The summed E-state index contributed by atoms with van der Waals surface area (Å²) in [7, 11) is 3.26. The lowest BCUT2D eigenvalue weighted by Crippen LogP contribution is -2.46. The summed E-state index contributed by atoms with van der Waals surface area (Å²) < 4.78 is 11.4. The zero-order valence-corrected chi connectivity index (χ0v) is 30.3. The highest BCUT2D eigenvalue weighted by Gasteiger charge is 2.26. The van der Waals surface area contributed by atoms with Gasteiger partial charge in [0, 0.05) is 31.2 Å².